The van der Waals surface area contributed by atoms with Gasteiger partial charge in [0.05, 0.1) is 6.61 Å². The molecule has 1 aliphatic rings. The van der Waals surface area contributed by atoms with Crippen LogP contribution in [0.3, 0.4) is 0 Å². The van der Waals surface area contributed by atoms with Crippen LogP contribution >= 0.6 is 0 Å². The lowest BCUT2D eigenvalue weighted by molar-refractivity contribution is -0.301. The molecule has 0 bridgehead atoms. The Morgan fingerprint density at radius 1 is 0.466 bits per heavy atom. The summed E-state index contributed by atoms with van der Waals surface area (Å²) in [4.78, 5) is 51.0. The Morgan fingerprint density at radius 2 is 0.863 bits per heavy atom. The Labute approximate surface area is 441 Å². The summed E-state index contributed by atoms with van der Waals surface area (Å²) >= 11 is 0. The number of carbonyl (C=O) groups is 4. The van der Waals surface area contributed by atoms with Crippen molar-refractivity contribution in [2.24, 2.45) is 0 Å². The Hall–Kier alpha value is -4.10. The zero-order chi connectivity index (χ0) is 53.3. The summed E-state index contributed by atoms with van der Waals surface area (Å²) in [6.07, 6.45) is 50.0. The van der Waals surface area contributed by atoms with Crippen LogP contribution in [0.5, 0.6) is 0 Å². The summed E-state index contributed by atoms with van der Waals surface area (Å²) in [6, 6.07) is 0. The fourth-order valence-corrected chi connectivity index (χ4v) is 8.14. The van der Waals surface area contributed by atoms with Crippen molar-refractivity contribution in [1.82, 2.24) is 0 Å². The fraction of sp³-hybridized carbons (Fsp3) is 0.705. The summed E-state index contributed by atoms with van der Waals surface area (Å²) in [5, 5.41) is 31.4. The van der Waals surface area contributed by atoms with Gasteiger partial charge in [0.25, 0.3) is 0 Å². The minimum Gasteiger partial charge on any atom is -0.479 e. The Morgan fingerprint density at radius 3 is 1.32 bits per heavy atom. The molecular formula is C61H100O12. The molecule has 0 amide bonds. The first kappa shape index (κ1) is 66.9. The first-order valence-electron chi connectivity index (χ1n) is 28.6. The molecule has 6 atom stereocenters. The molecule has 0 aliphatic carbocycles. The van der Waals surface area contributed by atoms with Gasteiger partial charge in [0.2, 0.25) is 0 Å². The van der Waals surface area contributed by atoms with Gasteiger partial charge in [-0.3, -0.25) is 14.4 Å². The third-order valence-electron chi connectivity index (χ3n) is 12.5. The smallest absolute Gasteiger partial charge is 0.335 e. The molecule has 1 fully saturated rings. The maximum absolute atomic E-state index is 13.1. The molecule has 0 saturated carbocycles. The van der Waals surface area contributed by atoms with Crippen LogP contribution in [0.25, 0.3) is 0 Å². The number of aliphatic carboxylic acids is 1. The number of hydrogen-bond donors (Lipinski definition) is 3. The summed E-state index contributed by atoms with van der Waals surface area (Å²) in [5.74, 6) is -3.17. The van der Waals surface area contributed by atoms with E-state index in [1.54, 1.807) is 0 Å². The summed E-state index contributed by atoms with van der Waals surface area (Å²) in [7, 11) is 0. The molecule has 12 nitrogen and oxygen atoms in total. The van der Waals surface area contributed by atoms with Crippen LogP contribution in [0.2, 0.25) is 0 Å². The van der Waals surface area contributed by atoms with E-state index < -0.39 is 67.3 Å². The number of carboxylic acids is 1. The molecular weight excluding hydrogens is 925 g/mol. The van der Waals surface area contributed by atoms with Gasteiger partial charge in [-0.2, -0.15) is 0 Å². The summed E-state index contributed by atoms with van der Waals surface area (Å²) in [5.41, 5.74) is 0. The van der Waals surface area contributed by atoms with Gasteiger partial charge < -0.3 is 39.0 Å². The van der Waals surface area contributed by atoms with E-state index >= 15 is 0 Å². The van der Waals surface area contributed by atoms with Crippen LogP contribution in [-0.4, -0.2) is 89.2 Å². The van der Waals surface area contributed by atoms with Crippen molar-refractivity contribution in [3.8, 4) is 0 Å². The maximum Gasteiger partial charge on any atom is 0.335 e. The van der Waals surface area contributed by atoms with E-state index in [1.165, 1.54) is 25.7 Å². The van der Waals surface area contributed by atoms with Crippen molar-refractivity contribution in [3.63, 3.8) is 0 Å². The monoisotopic (exact) mass is 1020 g/mol. The first-order chi connectivity index (χ1) is 35.6. The predicted molar refractivity (Wildman–Crippen MR) is 294 cm³/mol. The third-order valence-corrected chi connectivity index (χ3v) is 12.5. The molecule has 0 aromatic carbocycles. The highest BCUT2D eigenvalue weighted by atomic mass is 16.7. The van der Waals surface area contributed by atoms with Gasteiger partial charge in [-0.15, -0.1) is 0 Å². The predicted octanol–water partition coefficient (Wildman–Crippen LogP) is 14.3. The molecule has 1 heterocycles. The molecule has 0 spiro atoms. The van der Waals surface area contributed by atoms with Crippen LogP contribution in [0.1, 0.15) is 226 Å². The van der Waals surface area contributed by atoms with Crippen LogP contribution in [0.4, 0.5) is 0 Å². The van der Waals surface area contributed by atoms with E-state index in [0.29, 0.717) is 19.3 Å². The minimum absolute atomic E-state index is 0.0551. The minimum atomic E-state index is -1.91. The van der Waals surface area contributed by atoms with Gasteiger partial charge in [0.1, 0.15) is 18.8 Å². The summed E-state index contributed by atoms with van der Waals surface area (Å²) in [6.45, 7) is 5.70. The van der Waals surface area contributed by atoms with Gasteiger partial charge in [0, 0.05) is 19.3 Å². The molecule has 416 valence electrons. The number of ether oxygens (including phenoxy) is 5. The van der Waals surface area contributed by atoms with Crippen molar-refractivity contribution in [2.45, 2.75) is 263 Å². The number of allylic oxidation sites excluding steroid dienone is 14. The van der Waals surface area contributed by atoms with Gasteiger partial charge >= 0.3 is 23.9 Å². The molecule has 1 rings (SSSR count). The Bertz CT molecular complexity index is 1590. The topological polar surface area (TPSA) is 175 Å². The quantitative estimate of drug-likeness (QED) is 0.0228. The number of aliphatic hydroxyl groups is 2. The zero-order valence-corrected chi connectivity index (χ0v) is 45.6. The zero-order valence-electron chi connectivity index (χ0n) is 45.6. The van der Waals surface area contributed by atoms with Crippen LogP contribution in [0.15, 0.2) is 85.1 Å². The number of esters is 3. The molecule has 0 aromatic heterocycles. The van der Waals surface area contributed by atoms with Crippen molar-refractivity contribution >= 4 is 23.9 Å². The molecule has 6 unspecified atom stereocenters. The van der Waals surface area contributed by atoms with Crippen molar-refractivity contribution in [3.05, 3.63) is 85.1 Å². The Kier molecular flexibility index (Phi) is 44.7. The van der Waals surface area contributed by atoms with Gasteiger partial charge in [-0.1, -0.05) is 202 Å². The van der Waals surface area contributed by atoms with Crippen LogP contribution < -0.4 is 0 Å². The molecule has 73 heavy (non-hydrogen) atoms. The number of carbonyl (C=O) groups excluding carboxylic acids is 3. The molecule has 12 heteroatoms. The van der Waals surface area contributed by atoms with Gasteiger partial charge in [-0.05, 0) is 89.9 Å². The molecule has 1 saturated heterocycles. The number of rotatable bonds is 47. The molecule has 0 radical (unpaired) electrons. The van der Waals surface area contributed by atoms with Crippen LogP contribution in [-0.2, 0) is 42.9 Å². The maximum atomic E-state index is 13.1. The highest BCUT2D eigenvalue weighted by molar-refractivity contribution is 5.74. The van der Waals surface area contributed by atoms with E-state index in [4.69, 9.17) is 23.7 Å². The standard InChI is InChI=1S/C61H100O12/c1-4-7-10-13-16-19-21-23-25-26-27-28-30-31-33-36-38-41-44-47-53(62)69-50-52(71-54(63)48-45-42-40-37-34-32-29-24-22-20-17-14-11-8-5-2)51-70-61-59(57(66)56(65)58(73-61)60(67)68)72-55(64)49-46-43-39-35-18-15-12-9-6-3/h7-8,10-11,16-17,19-20,23-25,27-29,52,56-59,61,65-66H,4-6,9,12-15,18,21-22,26,30-51H2,1-3H3,(H,67,68)/b10-7-,11-8-,19-16-,20-17-,25-23-,28-27-,29-24-. The first-order valence-corrected chi connectivity index (χ1v) is 28.6. The number of carboxylic acid groups (broad SMARTS) is 1. The van der Waals surface area contributed by atoms with E-state index in [-0.39, 0.29) is 25.9 Å². The Balaban J connectivity index is 2.69. The highest BCUT2D eigenvalue weighted by Gasteiger charge is 2.50. The SMILES string of the molecule is CC/C=C\C/C=C\C/C=C\C/C=C\CCCCCCCCC(=O)OCC(COC1OC(C(=O)O)C(O)C(O)C1OC(=O)CCCCCCCCCCC)OC(=O)CCCCCCC/C=C\C/C=C\C/C=C\CC. The largest absolute Gasteiger partial charge is 0.479 e. The van der Waals surface area contributed by atoms with Crippen molar-refractivity contribution in [1.29, 1.82) is 0 Å². The fourth-order valence-electron chi connectivity index (χ4n) is 8.14. The summed E-state index contributed by atoms with van der Waals surface area (Å²) < 4.78 is 28.3. The molecule has 1 aliphatic heterocycles. The average Bonchev–Trinajstić information content (AvgIpc) is 3.37. The molecule has 3 N–H and O–H groups in total. The van der Waals surface area contributed by atoms with E-state index in [1.807, 2.05) is 0 Å². The van der Waals surface area contributed by atoms with Gasteiger partial charge in [-0.25, -0.2) is 4.79 Å². The third kappa shape index (κ3) is 39.0. The van der Waals surface area contributed by atoms with Crippen molar-refractivity contribution < 1.29 is 58.2 Å². The van der Waals surface area contributed by atoms with E-state index in [2.05, 4.69) is 106 Å². The normalized spacial score (nSPS) is 18.9. The van der Waals surface area contributed by atoms with Crippen LogP contribution in [0, 0.1) is 0 Å². The molecule has 0 aromatic rings. The number of hydrogen-bond acceptors (Lipinski definition) is 11. The second kappa shape index (κ2) is 48.8. The lowest BCUT2D eigenvalue weighted by Crippen LogP contribution is -2.61. The highest BCUT2D eigenvalue weighted by Crippen LogP contribution is 2.26. The lowest BCUT2D eigenvalue weighted by atomic mass is 9.98. The number of aliphatic hydroxyl groups excluding tert-OH is 2. The average molecular weight is 1030 g/mol. The second-order valence-corrected chi connectivity index (χ2v) is 19.2. The lowest BCUT2D eigenvalue weighted by Gasteiger charge is -2.40. The number of unbranched alkanes of at least 4 members (excludes halogenated alkanes) is 19. The second-order valence-electron chi connectivity index (χ2n) is 19.2. The van der Waals surface area contributed by atoms with E-state index in [0.717, 1.165) is 141 Å². The van der Waals surface area contributed by atoms with E-state index in [9.17, 15) is 34.5 Å². The van der Waals surface area contributed by atoms with Gasteiger partial charge in [0.15, 0.2) is 24.6 Å². The van der Waals surface area contributed by atoms with Crippen molar-refractivity contribution in [2.75, 3.05) is 13.2 Å².